The Morgan fingerprint density at radius 3 is 2.61 bits per heavy atom. The molecule has 0 aliphatic rings. The Kier molecular flexibility index (Phi) is 3.68. The van der Waals surface area contributed by atoms with Crippen molar-refractivity contribution in [2.24, 2.45) is 5.10 Å². The molecule has 0 saturated heterocycles. The fourth-order valence-electron chi connectivity index (χ4n) is 2.33. The van der Waals surface area contributed by atoms with Crippen LogP contribution < -0.4 is 16.7 Å². The molecule has 0 fully saturated rings. The summed E-state index contributed by atoms with van der Waals surface area (Å²) in [7, 11) is 0. The van der Waals surface area contributed by atoms with E-state index in [1.807, 2.05) is 42.5 Å². The first-order valence-electron chi connectivity index (χ1n) is 6.90. The van der Waals surface area contributed by atoms with Crippen LogP contribution in [0.5, 0.6) is 5.88 Å². The van der Waals surface area contributed by atoms with E-state index in [1.165, 1.54) is 0 Å². The molecule has 7 heteroatoms. The van der Waals surface area contributed by atoms with E-state index in [9.17, 15) is 14.7 Å². The van der Waals surface area contributed by atoms with Gasteiger partial charge in [-0.1, -0.05) is 36.4 Å². The summed E-state index contributed by atoms with van der Waals surface area (Å²) in [5, 5.41) is 15.9. The highest BCUT2D eigenvalue weighted by molar-refractivity contribution is 6.01. The number of hydrogen-bond donors (Lipinski definition) is 4. The Hall–Kier alpha value is -3.35. The molecular formula is C16H14N4O3. The summed E-state index contributed by atoms with van der Waals surface area (Å²) in [5.74, 6) is -0.514. The van der Waals surface area contributed by atoms with Crippen molar-refractivity contribution in [1.29, 1.82) is 0 Å². The maximum absolute atomic E-state index is 11.8. The van der Waals surface area contributed by atoms with Gasteiger partial charge in [-0.05, 0) is 18.4 Å². The summed E-state index contributed by atoms with van der Waals surface area (Å²) in [6.45, 7) is 1.56. The molecular weight excluding hydrogens is 296 g/mol. The maximum atomic E-state index is 11.8. The van der Waals surface area contributed by atoms with Gasteiger partial charge in [0.1, 0.15) is 5.56 Å². The van der Waals surface area contributed by atoms with Gasteiger partial charge in [0.15, 0.2) is 0 Å². The lowest BCUT2D eigenvalue weighted by Crippen LogP contribution is -2.27. The molecule has 1 heterocycles. The number of hydrazone groups is 1. The third kappa shape index (κ3) is 2.84. The lowest BCUT2D eigenvalue weighted by molar-refractivity contribution is 0.447. The highest BCUT2D eigenvalue weighted by atomic mass is 16.3. The minimum absolute atomic E-state index is 0.0858. The van der Waals surface area contributed by atoms with E-state index < -0.39 is 17.1 Å². The quantitative estimate of drug-likeness (QED) is 0.436. The van der Waals surface area contributed by atoms with Crippen molar-refractivity contribution in [2.45, 2.75) is 6.92 Å². The molecule has 0 aliphatic heterocycles. The van der Waals surface area contributed by atoms with Gasteiger partial charge >= 0.3 is 5.69 Å². The third-order valence-electron chi connectivity index (χ3n) is 3.42. The lowest BCUT2D eigenvalue weighted by Gasteiger charge is -2.07. The molecule has 0 radical (unpaired) electrons. The Balaban J connectivity index is 1.99. The first-order valence-corrected chi connectivity index (χ1v) is 6.90. The number of nitrogens with zero attached hydrogens (tertiary/aromatic N) is 1. The zero-order valence-corrected chi connectivity index (χ0v) is 12.3. The maximum Gasteiger partial charge on any atom is 0.328 e. The number of aromatic amines is 2. The summed E-state index contributed by atoms with van der Waals surface area (Å²) in [6.07, 6.45) is 0. The summed E-state index contributed by atoms with van der Waals surface area (Å²) in [5.41, 5.74) is 2.34. The van der Waals surface area contributed by atoms with Gasteiger partial charge in [-0.2, -0.15) is 5.10 Å². The molecule has 0 spiro atoms. The first-order chi connectivity index (χ1) is 11.1. The van der Waals surface area contributed by atoms with E-state index in [2.05, 4.69) is 20.5 Å². The average Bonchev–Trinajstić information content (AvgIpc) is 2.52. The number of rotatable bonds is 3. The second kappa shape index (κ2) is 5.80. The molecule has 1 aromatic heterocycles. The van der Waals surface area contributed by atoms with Crippen LogP contribution in [0.1, 0.15) is 12.5 Å². The van der Waals surface area contributed by atoms with Crippen molar-refractivity contribution in [3.8, 4) is 5.88 Å². The molecule has 2 aromatic carbocycles. The molecule has 0 saturated carbocycles. The molecule has 116 valence electrons. The van der Waals surface area contributed by atoms with Crippen molar-refractivity contribution in [3.05, 3.63) is 68.9 Å². The van der Waals surface area contributed by atoms with Gasteiger partial charge in [-0.3, -0.25) is 20.2 Å². The Labute approximate surface area is 130 Å². The monoisotopic (exact) mass is 310 g/mol. The molecule has 0 unspecified atom stereocenters. The fourth-order valence-corrected chi connectivity index (χ4v) is 2.33. The largest absolute Gasteiger partial charge is 0.494 e. The van der Waals surface area contributed by atoms with Gasteiger partial charge in [0.05, 0.1) is 11.4 Å². The van der Waals surface area contributed by atoms with Crippen molar-refractivity contribution in [1.82, 2.24) is 9.97 Å². The average molecular weight is 310 g/mol. The van der Waals surface area contributed by atoms with Crippen LogP contribution in [0.25, 0.3) is 10.8 Å². The van der Waals surface area contributed by atoms with Crippen LogP contribution in [0.4, 0.5) is 5.69 Å². The number of anilines is 1. The number of H-pyrrole nitrogens is 2. The van der Waals surface area contributed by atoms with Crippen LogP contribution >= 0.6 is 0 Å². The standard InChI is InChI=1S/C16H14N4O3/c1-9(13-14(21)17-16(23)18-15(13)22)19-20-12-8-4-6-10-5-2-3-7-11(10)12/h2-8,20H,1H3,(H3,17,18,21,22,23)/b19-9+. The van der Waals surface area contributed by atoms with Crippen LogP contribution in [-0.2, 0) is 0 Å². The second-order valence-corrected chi connectivity index (χ2v) is 4.97. The topological polar surface area (TPSA) is 110 Å². The molecule has 0 bridgehead atoms. The van der Waals surface area contributed by atoms with E-state index in [1.54, 1.807) is 6.92 Å². The van der Waals surface area contributed by atoms with Crippen molar-refractivity contribution >= 4 is 22.2 Å². The van der Waals surface area contributed by atoms with Crippen LogP contribution in [0.3, 0.4) is 0 Å². The predicted molar refractivity (Wildman–Crippen MR) is 89.1 cm³/mol. The van der Waals surface area contributed by atoms with E-state index in [0.717, 1.165) is 16.5 Å². The highest BCUT2D eigenvalue weighted by Gasteiger charge is 2.12. The molecule has 7 nitrogen and oxygen atoms in total. The Bertz CT molecular complexity index is 1010. The Morgan fingerprint density at radius 1 is 1.09 bits per heavy atom. The lowest BCUT2D eigenvalue weighted by atomic mass is 10.1. The third-order valence-corrected chi connectivity index (χ3v) is 3.42. The summed E-state index contributed by atoms with van der Waals surface area (Å²) in [6, 6.07) is 13.5. The number of benzene rings is 2. The molecule has 0 aliphatic carbocycles. The van der Waals surface area contributed by atoms with Gasteiger partial charge in [0.2, 0.25) is 5.88 Å². The smallest absolute Gasteiger partial charge is 0.328 e. The van der Waals surface area contributed by atoms with Gasteiger partial charge in [0.25, 0.3) is 5.56 Å². The van der Waals surface area contributed by atoms with Crippen LogP contribution in [0, 0.1) is 0 Å². The number of nitrogens with one attached hydrogen (secondary N) is 3. The number of aromatic hydroxyl groups is 1. The van der Waals surface area contributed by atoms with E-state index in [0.29, 0.717) is 0 Å². The van der Waals surface area contributed by atoms with Crippen molar-refractivity contribution in [2.75, 3.05) is 5.43 Å². The van der Waals surface area contributed by atoms with Gasteiger partial charge in [-0.25, -0.2) is 4.79 Å². The molecule has 3 rings (SSSR count). The zero-order chi connectivity index (χ0) is 16.4. The Morgan fingerprint density at radius 2 is 1.83 bits per heavy atom. The molecule has 3 aromatic rings. The molecule has 0 amide bonds. The fraction of sp³-hybridized carbons (Fsp3) is 0.0625. The molecule has 23 heavy (non-hydrogen) atoms. The first kappa shape index (κ1) is 14.6. The number of hydrogen-bond acceptors (Lipinski definition) is 5. The van der Waals surface area contributed by atoms with Crippen molar-refractivity contribution in [3.63, 3.8) is 0 Å². The van der Waals surface area contributed by atoms with Gasteiger partial charge in [0, 0.05) is 5.39 Å². The number of fused-ring (bicyclic) bond motifs is 1. The zero-order valence-electron chi connectivity index (χ0n) is 12.3. The predicted octanol–water partition coefficient (Wildman–Crippen LogP) is 1.76. The number of aromatic nitrogens is 2. The van der Waals surface area contributed by atoms with Crippen LogP contribution in [0.2, 0.25) is 0 Å². The van der Waals surface area contributed by atoms with Crippen LogP contribution in [-0.4, -0.2) is 20.8 Å². The normalized spacial score (nSPS) is 11.6. The van der Waals surface area contributed by atoms with E-state index >= 15 is 0 Å². The second-order valence-electron chi connectivity index (χ2n) is 4.97. The van der Waals surface area contributed by atoms with E-state index in [-0.39, 0.29) is 11.3 Å². The SMILES string of the molecule is C/C(=N\Nc1cccc2ccccc12)c1c(O)[nH]c(=O)[nH]c1=O. The molecule has 0 atom stereocenters. The van der Waals surface area contributed by atoms with Gasteiger partial charge in [-0.15, -0.1) is 0 Å². The molecule has 4 N–H and O–H groups in total. The minimum Gasteiger partial charge on any atom is -0.494 e. The summed E-state index contributed by atoms with van der Waals surface area (Å²) >= 11 is 0. The highest BCUT2D eigenvalue weighted by Crippen LogP contribution is 2.23. The summed E-state index contributed by atoms with van der Waals surface area (Å²) in [4.78, 5) is 27.0. The van der Waals surface area contributed by atoms with Crippen molar-refractivity contribution < 1.29 is 5.11 Å². The van der Waals surface area contributed by atoms with Gasteiger partial charge < -0.3 is 5.11 Å². The summed E-state index contributed by atoms with van der Waals surface area (Å²) < 4.78 is 0. The minimum atomic E-state index is -0.772. The van der Waals surface area contributed by atoms with E-state index in [4.69, 9.17) is 0 Å². The van der Waals surface area contributed by atoms with Crippen LogP contribution in [0.15, 0.2) is 57.2 Å².